The van der Waals surface area contributed by atoms with Gasteiger partial charge < -0.3 is 16.0 Å². The molecule has 0 saturated carbocycles. The minimum absolute atomic E-state index is 0.126. The third kappa shape index (κ3) is 3.98. The van der Waals surface area contributed by atoms with Gasteiger partial charge in [-0.15, -0.1) is 0 Å². The number of carbonyl (C=O) groups excluding carboxylic acids is 2. The summed E-state index contributed by atoms with van der Waals surface area (Å²) < 4.78 is 26.5. The van der Waals surface area contributed by atoms with Crippen molar-refractivity contribution in [3.8, 4) is 0 Å². The average Bonchev–Trinajstić information content (AvgIpc) is 2.44. The molecule has 2 rings (SSSR count). The minimum atomic E-state index is -0.834. The fourth-order valence-electron chi connectivity index (χ4n) is 2.48. The lowest BCUT2D eigenvalue weighted by molar-refractivity contribution is -0.119. The monoisotopic (exact) mass is 297 g/mol. The van der Waals surface area contributed by atoms with Crippen molar-refractivity contribution in [3.05, 3.63) is 35.4 Å². The second-order valence-corrected chi connectivity index (χ2v) is 5.06. The molecule has 3 N–H and O–H groups in total. The topological polar surface area (TPSA) is 75.4 Å². The van der Waals surface area contributed by atoms with Crippen LogP contribution in [0.5, 0.6) is 0 Å². The molecule has 1 unspecified atom stereocenters. The Labute approximate surface area is 121 Å². The Morgan fingerprint density at radius 1 is 1.29 bits per heavy atom. The van der Waals surface area contributed by atoms with Gasteiger partial charge in [-0.25, -0.2) is 8.78 Å². The number of rotatable bonds is 4. The first-order chi connectivity index (χ1) is 9.97. The van der Waals surface area contributed by atoms with E-state index in [0.29, 0.717) is 19.0 Å². The minimum Gasteiger partial charge on any atom is -0.368 e. The Balaban J connectivity index is 2.25. The summed E-state index contributed by atoms with van der Waals surface area (Å²) in [6.45, 7) is 1.09. The van der Waals surface area contributed by atoms with E-state index in [4.69, 9.17) is 5.73 Å². The van der Waals surface area contributed by atoms with Crippen LogP contribution in [0.25, 0.3) is 0 Å². The molecule has 1 heterocycles. The zero-order valence-electron chi connectivity index (χ0n) is 11.4. The second-order valence-electron chi connectivity index (χ2n) is 5.06. The molecule has 0 bridgehead atoms. The van der Waals surface area contributed by atoms with Gasteiger partial charge in [-0.1, -0.05) is 0 Å². The molecule has 0 aromatic heterocycles. The fraction of sp³-hybridized carbons (Fsp3) is 0.429. The summed E-state index contributed by atoms with van der Waals surface area (Å²) in [5.74, 6) is -2.93. The maximum absolute atomic E-state index is 13.2. The standard InChI is InChI=1S/C14H17F2N3O2/c15-10-4-9(5-11(16)6-10)14(21)19(8-13(17)20)12-2-1-3-18-7-12/h4-6,12,18H,1-3,7-8H2,(H2,17,20). The summed E-state index contributed by atoms with van der Waals surface area (Å²) in [7, 11) is 0. The molecule has 1 atom stereocenters. The van der Waals surface area contributed by atoms with Crippen molar-refractivity contribution in [3.63, 3.8) is 0 Å². The molecule has 2 amide bonds. The summed E-state index contributed by atoms with van der Waals surface area (Å²) in [6.07, 6.45) is 1.56. The van der Waals surface area contributed by atoms with E-state index in [0.717, 1.165) is 25.1 Å². The molecule has 5 nitrogen and oxygen atoms in total. The number of nitrogens with two attached hydrogens (primary N) is 1. The number of benzene rings is 1. The first-order valence-corrected chi connectivity index (χ1v) is 6.73. The van der Waals surface area contributed by atoms with Crippen molar-refractivity contribution in [1.29, 1.82) is 0 Å². The van der Waals surface area contributed by atoms with Crippen molar-refractivity contribution in [2.45, 2.75) is 18.9 Å². The van der Waals surface area contributed by atoms with Crippen LogP contribution in [-0.2, 0) is 4.79 Å². The van der Waals surface area contributed by atoms with Gasteiger partial charge in [0.15, 0.2) is 0 Å². The Kier molecular flexibility index (Phi) is 4.85. The molecule has 0 radical (unpaired) electrons. The molecule has 1 aliphatic rings. The molecule has 1 aromatic rings. The average molecular weight is 297 g/mol. The van der Waals surface area contributed by atoms with Crippen LogP contribution in [0, 0.1) is 11.6 Å². The Morgan fingerprint density at radius 3 is 2.48 bits per heavy atom. The van der Waals surface area contributed by atoms with Crippen LogP contribution in [-0.4, -0.2) is 42.4 Å². The van der Waals surface area contributed by atoms with Crippen LogP contribution in [0.2, 0.25) is 0 Å². The Hall–Kier alpha value is -2.02. The third-order valence-corrected chi connectivity index (χ3v) is 3.41. The molecule has 1 saturated heterocycles. The zero-order chi connectivity index (χ0) is 15.4. The summed E-state index contributed by atoms with van der Waals surface area (Å²) in [6, 6.07) is 2.38. The first kappa shape index (κ1) is 15.4. The molecular formula is C14H17F2N3O2. The predicted molar refractivity (Wildman–Crippen MR) is 72.5 cm³/mol. The van der Waals surface area contributed by atoms with E-state index >= 15 is 0 Å². The van der Waals surface area contributed by atoms with E-state index in [-0.39, 0.29) is 18.2 Å². The smallest absolute Gasteiger partial charge is 0.254 e. The number of nitrogens with one attached hydrogen (secondary N) is 1. The van der Waals surface area contributed by atoms with Crippen molar-refractivity contribution in [1.82, 2.24) is 10.2 Å². The molecule has 1 fully saturated rings. The number of amides is 2. The lowest BCUT2D eigenvalue weighted by Crippen LogP contribution is -2.51. The molecule has 7 heteroatoms. The van der Waals surface area contributed by atoms with E-state index in [1.165, 1.54) is 4.90 Å². The van der Waals surface area contributed by atoms with Gasteiger partial charge in [0.05, 0.1) is 6.54 Å². The van der Waals surface area contributed by atoms with Gasteiger partial charge in [-0.3, -0.25) is 9.59 Å². The maximum atomic E-state index is 13.2. The van der Waals surface area contributed by atoms with Gasteiger partial charge in [0, 0.05) is 24.2 Å². The van der Waals surface area contributed by atoms with Gasteiger partial charge >= 0.3 is 0 Å². The van der Waals surface area contributed by atoms with Crippen molar-refractivity contribution >= 4 is 11.8 Å². The molecule has 1 aliphatic heterocycles. The first-order valence-electron chi connectivity index (χ1n) is 6.73. The molecule has 0 aliphatic carbocycles. The highest BCUT2D eigenvalue weighted by Crippen LogP contribution is 2.16. The highest BCUT2D eigenvalue weighted by molar-refractivity contribution is 5.96. The quantitative estimate of drug-likeness (QED) is 0.856. The van der Waals surface area contributed by atoms with Crippen molar-refractivity contribution in [2.24, 2.45) is 5.73 Å². The van der Waals surface area contributed by atoms with Crippen LogP contribution in [0.4, 0.5) is 8.78 Å². The molecule has 114 valence electrons. The van der Waals surface area contributed by atoms with E-state index in [1.807, 2.05) is 0 Å². The second kappa shape index (κ2) is 6.62. The lowest BCUT2D eigenvalue weighted by atomic mass is 10.0. The molecule has 1 aromatic carbocycles. The maximum Gasteiger partial charge on any atom is 0.254 e. The van der Waals surface area contributed by atoms with Gasteiger partial charge in [0.2, 0.25) is 5.91 Å². The number of hydrogen-bond donors (Lipinski definition) is 2. The predicted octanol–water partition coefficient (Wildman–Crippen LogP) is 0.644. The van der Waals surface area contributed by atoms with Crippen LogP contribution < -0.4 is 11.1 Å². The van der Waals surface area contributed by atoms with Gasteiger partial charge in [-0.05, 0) is 31.5 Å². The highest BCUT2D eigenvalue weighted by Gasteiger charge is 2.28. The van der Waals surface area contributed by atoms with E-state index in [9.17, 15) is 18.4 Å². The number of hydrogen-bond acceptors (Lipinski definition) is 3. The van der Waals surface area contributed by atoms with Crippen LogP contribution in [0.3, 0.4) is 0 Å². The zero-order valence-corrected chi connectivity index (χ0v) is 11.4. The number of carbonyl (C=O) groups is 2. The van der Waals surface area contributed by atoms with Crippen LogP contribution in [0.15, 0.2) is 18.2 Å². The molecular weight excluding hydrogens is 280 g/mol. The third-order valence-electron chi connectivity index (χ3n) is 3.41. The normalized spacial score (nSPS) is 18.3. The molecule has 0 spiro atoms. The van der Waals surface area contributed by atoms with Gasteiger partial charge in [0.1, 0.15) is 11.6 Å². The number of piperidine rings is 1. The number of halogens is 2. The summed E-state index contributed by atoms with van der Waals surface area (Å²) >= 11 is 0. The van der Waals surface area contributed by atoms with Crippen LogP contribution in [0.1, 0.15) is 23.2 Å². The number of primary amides is 1. The van der Waals surface area contributed by atoms with Crippen molar-refractivity contribution in [2.75, 3.05) is 19.6 Å². The van der Waals surface area contributed by atoms with E-state index in [1.54, 1.807) is 0 Å². The number of nitrogens with zero attached hydrogens (tertiary/aromatic N) is 1. The van der Waals surface area contributed by atoms with Gasteiger partial charge in [0.25, 0.3) is 5.91 Å². The van der Waals surface area contributed by atoms with Crippen molar-refractivity contribution < 1.29 is 18.4 Å². The summed E-state index contributed by atoms with van der Waals surface area (Å²) in [5.41, 5.74) is 5.05. The summed E-state index contributed by atoms with van der Waals surface area (Å²) in [4.78, 5) is 24.9. The highest BCUT2D eigenvalue weighted by atomic mass is 19.1. The van der Waals surface area contributed by atoms with Gasteiger partial charge in [-0.2, -0.15) is 0 Å². The van der Waals surface area contributed by atoms with Crippen LogP contribution >= 0.6 is 0 Å². The Morgan fingerprint density at radius 2 is 1.95 bits per heavy atom. The Bertz CT molecular complexity index is 525. The van der Waals surface area contributed by atoms with E-state index in [2.05, 4.69) is 5.32 Å². The SMILES string of the molecule is NC(=O)CN(C(=O)c1cc(F)cc(F)c1)C1CCCNC1. The largest absolute Gasteiger partial charge is 0.368 e. The van der Waals surface area contributed by atoms with E-state index < -0.39 is 23.4 Å². The fourth-order valence-corrected chi connectivity index (χ4v) is 2.48. The molecule has 21 heavy (non-hydrogen) atoms. The summed E-state index contributed by atoms with van der Waals surface area (Å²) in [5, 5.41) is 3.12. The lowest BCUT2D eigenvalue weighted by Gasteiger charge is -2.34.